The summed E-state index contributed by atoms with van der Waals surface area (Å²) in [5, 5.41) is 16.1. The molecule has 0 fully saturated rings. The minimum Gasteiger partial charge on any atom is -0.401 e. The van der Waals surface area contributed by atoms with Crippen molar-refractivity contribution in [3.05, 3.63) is 58.7 Å². The van der Waals surface area contributed by atoms with Crippen LogP contribution in [0.5, 0.6) is 0 Å². The van der Waals surface area contributed by atoms with E-state index in [9.17, 15) is 4.79 Å². The third kappa shape index (κ3) is 4.41. The fourth-order valence-corrected chi connectivity index (χ4v) is 5.37. The second kappa shape index (κ2) is 9.42. The number of nitrogens with zero attached hydrogens (tertiary/aromatic N) is 4. The van der Waals surface area contributed by atoms with Crippen LogP contribution < -0.4 is 16.8 Å². The van der Waals surface area contributed by atoms with Crippen molar-refractivity contribution in [2.45, 2.75) is 18.4 Å². The summed E-state index contributed by atoms with van der Waals surface area (Å²) in [7, 11) is 3.80. The molecule has 6 N–H and O–H groups in total. The maximum absolute atomic E-state index is 13.0. The second-order valence-corrected chi connectivity index (χ2v) is 9.45. The van der Waals surface area contributed by atoms with Gasteiger partial charge in [-0.2, -0.15) is 5.10 Å². The summed E-state index contributed by atoms with van der Waals surface area (Å²) < 4.78 is 5.89. The van der Waals surface area contributed by atoms with Gasteiger partial charge in [0, 0.05) is 79.7 Å². The van der Waals surface area contributed by atoms with Crippen molar-refractivity contribution >= 4 is 35.0 Å². The van der Waals surface area contributed by atoms with Gasteiger partial charge in [0.15, 0.2) is 0 Å². The number of hydrogen-bond donors (Lipinski definition) is 4. The molecule has 4 rings (SSSR count). The van der Waals surface area contributed by atoms with Crippen molar-refractivity contribution in [2.24, 2.45) is 31.5 Å². The molecule has 0 saturated carbocycles. The molecule has 9 nitrogen and oxygen atoms in total. The third-order valence-corrected chi connectivity index (χ3v) is 7.42. The first-order valence-corrected chi connectivity index (χ1v) is 11.6. The number of carbonyl (C=O) groups excluding carboxylic acids is 1. The quantitative estimate of drug-likeness (QED) is 0.311. The van der Waals surface area contributed by atoms with Crippen molar-refractivity contribution in [3.8, 4) is 0 Å². The zero-order valence-electron chi connectivity index (χ0n) is 19.1. The van der Waals surface area contributed by atoms with E-state index in [4.69, 9.17) is 16.9 Å². The Bertz CT molecular complexity index is 1240. The highest BCUT2D eigenvalue weighted by molar-refractivity contribution is 7.97. The summed E-state index contributed by atoms with van der Waals surface area (Å²) in [5.41, 5.74) is 17.2. The molecule has 10 heteroatoms. The van der Waals surface area contributed by atoms with Gasteiger partial charge in [-0.3, -0.25) is 9.48 Å². The monoisotopic (exact) mass is 466 g/mol. The lowest BCUT2D eigenvalue weighted by Gasteiger charge is -2.32. The molecule has 1 aliphatic heterocycles. The van der Waals surface area contributed by atoms with Crippen molar-refractivity contribution in [1.29, 1.82) is 5.41 Å². The Kier molecular flexibility index (Phi) is 6.59. The fourth-order valence-electron chi connectivity index (χ4n) is 4.20. The molecule has 2 aromatic heterocycles. The van der Waals surface area contributed by atoms with Gasteiger partial charge in [-0.25, -0.2) is 4.31 Å². The van der Waals surface area contributed by atoms with E-state index in [0.717, 1.165) is 32.6 Å². The topological polar surface area (TPSA) is 131 Å². The van der Waals surface area contributed by atoms with E-state index in [1.54, 1.807) is 11.9 Å². The molecule has 0 spiro atoms. The van der Waals surface area contributed by atoms with Crippen LogP contribution in [0.4, 0.5) is 0 Å². The average molecular weight is 467 g/mol. The van der Waals surface area contributed by atoms with E-state index >= 15 is 0 Å². The lowest BCUT2D eigenvalue weighted by molar-refractivity contribution is 0.0942. The van der Waals surface area contributed by atoms with Gasteiger partial charge >= 0.3 is 0 Å². The molecule has 0 bridgehead atoms. The van der Waals surface area contributed by atoms with Gasteiger partial charge in [-0.1, -0.05) is 18.2 Å². The van der Waals surface area contributed by atoms with Crippen LogP contribution in [0.25, 0.3) is 10.9 Å². The summed E-state index contributed by atoms with van der Waals surface area (Å²) in [5.74, 6) is -0.112. The van der Waals surface area contributed by atoms with Crippen LogP contribution in [0.15, 0.2) is 46.6 Å². The number of rotatable bonds is 7. The molecular weight excluding hydrogens is 436 g/mol. The summed E-state index contributed by atoms with van der Waals surface area (Å²) in [4.78, 5) is 14.0. The second-order valence-electron chi connectivity index (χ2n) is 8.32. The lowest BCUT2D eigenvalue weighted by Crippen LogP contribution is -2.39. The Balaban J connectivity index is 1.49. The highest BCUT2D eigenvalue weighted by Crippen LogP contribution is 2.32. The van der Waals surface area contributed by atoms with E-state index in [1.165, 1.54) is 6.21 Å². The number of aromatic nitrogens is 3. The summed E-state index contributed by atoms with van der Waals surface area (Å²) in [6.45, 7) is 4.13. The molecule has 3 aromatic rings. The molecule has 3 heterocycles. The third-order valence-electron chi connectivity index (χ3n) is 6.27. The molecule has 1 aliphatic rings. The first-order valence-electron chi connectivity index (χ1n) is 10.8. The van der Waals surface area contributed by atoms with Gasteiger partial charge in [0.05, 0.1) is 11.7 Å². The van der Waals surface area contributed by atoms with E-state index < -0.39 is 0 Å². The first kappa shape index (κ1) is 23.1. The maximum Gasteiger partial charge on any atom is 0.268 e. The Morgan fingerprint density at radius 2 is 2.18 bits per heavy atom. The molecular formula is C23H30N8OS. The fraction of sp³-hybridized carbons (Fsp3) is 0.348. The molecule has 1 unspecified atom stereocenters. The minimum absolute atomic E-state index is 0.0179. The molecule has 0 radical (unpaired) electrons. The summed E-state index contributed by atoms with van der Waals surface area (Å²) in [6, 6.07) is 7.92. The number of benzene rings is 1. The molecule has 0 aliphatic carbocycles. The van der Waals surface area contributed by atoms with E-state index in [-0.39, 0.29) is 11.8 Å². The largest absolute Gasteiger partial charge is 0.401 e. The van der Waals surface area contributed by atoms with Crippen LogP contribution in [0.3, 0.4) is 0 Å². The van der Waals surface area contributed by atoms with Crippen LogP contribution in [0.1, 0.15) is 21.7 Å². The number of para-hydroxylation sites is 1. The van der Waals surface area contributed by atoms with Gasteiger partial charge in [-0.15, -0.1) is 0 Å². The number of aryl methyl sites for hydroxylation is 1. The SMILES string of the molecule is Cc1c(SN2CC(C=N)=C(N)C(CN)C2)cc(C(=O)NCc2cccc3cnn(C)c23)n1C. The van der Waals surface area contributed by atoms with Crippen LogP contribution in [-0.4, -0.2) is 50.4 Å². The predicted molar refractivity (Wildman–Crippen MR) is 132 cm³/mol. The normalized spacial score (nSPS) is 17.0. The zero-order valence-corrected chi connectivity index (χ0v) is 19.9. The van der Waals surface area contributed by atoms with Gasteiger partial charge in [-0.05, 0) is 30.5 Å². The maximum atomic E-state index is 13.0. The number of fused-ring (bicyclic) bond motifs is 1. The van der Waals surface area contributed by atoms with Gasteiger partial charge in [0.1, 0.15) is 5.69 Å². The Morgan fingerprint density at radius 3 is 2.91 bits per heavy atom. The molecule has 1 aromatic carbocycles. The van der Waals surface area contributed by atoms with Crippen LogP contribution >= 0.6 is 11.9 Å². The van der Waals surface area contributed by atoms with Gasteiger partial charge in [0.25, 0.3) is 5.91 Å². The minimum atomic E-state index is -0.130. The van der Waals surface area contributed by atoms with Crippen molar-refractivity contribution in [2.75, 3.05) is 19.6 Å². The zero-order chi connectivity index (χ0) is 23.7. The molecule has 0 saturated heterocycles. The van der Waals surface area contributed by atoms with E-state index in [2.05, 4.69) is 14.7 Å². The van der Waals surface area contributed by atoms with E-state index in [1.807, 2.05) is 60.7 Å². The smallest absolute Gasteiger partial charge is 0.268 e. The average Bonchev–Trinajstić information content (AvgIpc) is 3.33. The van der Waals surface area contributed by atoms with E-state index in [0.29, 0.717) is 37.6 Å². The Morgan fingerprint density at radius 1 is 1.39 bits per heavy atom. The number of carbonyl (C=O) groups is 1. The standard InChI is InChI=1S/C23H30N8OS/c1-14-20(33-31-12-17(8-24)21(26)18(9-25)13-31)7-19(29(14)2)23(32)27-10-15-5-4-6-16-11-28-30(3)22(15)16/h4-8,11,18,24H,9-10,12-13,25-26H2,1-3H3,(H,27,32). The number of nitrogens with two attached hydrogens (primary N) is 2. The van der Waals surface area contributed by atoms with Crippen molar-refractivity contribution in [3.63, 3.8) is 0 Å². The Labute approximate surface area is 197 Å². The van der Waals surface area contributed by atoms with Crippen molar-refractivity contribution < 1.29 is 4.79 Å². The molecule has 174 valence electrons. The number of hydrogen-bond acceptors (Lipinski definition) is 7. The van der Waals surface area contributed by atoms with Gasteiger partial charge < -0.3 is 26.8 Å². The lowest BCUT2D eigenvalue weighted by atomic mass is 9.98. The number of amides is 1. The molecule has 1 atom stereocenters. The van der Waals surface area contributed by atoms with Crippen LogP contribution in [-0.2, 0) is 20.6 Å². The highest BCUT2D eigenvalue weighted by Gasteiger charge is 2.26. The number of nitrogens with one attached hydrogen (secondary N) is 2. The van der Waals surface area contributed by atoms with Crippen LogP contribution in [0.2, 0.25) is 0 Å². The van der Waals surface area contributed by atoms with Crippen molar-refractivity contribution in [1.82, 2.24) is 24.0 Å². The molecule has 33 heavy (non-hydrogen) atoms. The Hall–Kier alpha value is -3.08. The summed E-state index contributed by atoms with van der Waals surface area (Å²) >= 11 is 1.58. The predicted octanol–water partition coefficient (Wildman–Crippen LogP) is 1.91. The molecule has 1 amide bonds. The first-order chi connectivity index (χ1) is 15.8. The van der Waals surface area contributed by atoms with Gasteiger partial charge in [0.2, 0.25) is 0 Å². The highest BCUT2D eigenvalue weighted by atomic mass is 32.2. The van der Waals surface area contributed by atoms with Crippen LogP contribution in [0, 0.1) is 18.3 Å². The summed E-state index contributed by atoms with van der Waals surface area (Å²) in [6.07, 6.45) is 3.14.